The van der Waals surface area contributed by atoms with Gasteiger partial charge in [0.25, 0.3) is 0 Å². The molecule has 0 bridgehead atoms. The number of hydrogen-bond acceptors (Lipinski definition) is 3. The van der Waals surface area contributed by atoms with Gasteiger partial charge in [-0.1, -0.05) is 6.92 Å². The van der Waals surface area contributed by atoms with E-state index in [4.69, 9.17) is 5.73 Å². The summed E-state index contributed by atoms with van der Waals surface area (Å²) in [4.78, 5) is -0.492. The van der Waals surface area contributed by atoms with Gasteiger partial charge in [-0.15, -0.1) is 0 Å². The minimum Gasteiger partial charge on any atom is -0.326 e. The van der Waals surface area contributed by atoms with Crippen LogP contribution < -0.4 is 5.73 Å². The molecule has 0 spiro atoms. The van der Waals surface area contributed by atoms with Crippen LogP contribution >= 0.6 is 0 Å². The Labute approximate surface area is 120 Å². The average molecular weight is 328 g/mol. The molecule has 4 nitrogen and oxygen atoms in total. The van der Waals surface area contributed by atoms with Gasteiger partial charge in [-0.25, -0.2) is 12.8 Å². The van der Waals surface area contributed by atoms with Crippen molar-refractivity contribution in [3.8, 4) is 0 Å². The van der Waals surface area contributed by atoms with E-state index in [0.717, 1.165) is 12.1 Å². The Kier molecular flexibility index (Phi) is 5.35. The van der Waals surface area contributed by atoms with E-state index in [0.29, 0.717) is 0 Å². The molecule has 2 N–H and O–H groups in total. The Balaban J connectivity index is 3.38. The SMILES string of the molecule is CCN(CC(F)(F)F)S(=O)(=O)c1cc(CN)cc(F)c1C. The van der Waals surface area contributed by atoms with Crippen molar-refractivity contribution >= 4 is 10.0 Å². The summed E-state index contributed by atoms with van der Waals surface area (Å²) in [6.07, 6.45) is -4.68. The van der Waals surface area contributed by atoms with Crippen LogP contribution in [0.4, 0.5) is 17.6 Å². The van der Waals surface area contributed by atoms with Gasteiger partial charge < -0.3 is 5.73 Å². The van der Waals surface area contributed by atoms with Crippen LogP contribution in [-0.2, 0) is 16.6 Å². The fourth-order valence-electron chi connectivity index (χ4n) is 1.80. The molecule has 1 aromatic rings. The summed E-state index contributed by atoms with van der Waals surface area (Å²) in [7, 11) is -4.45. The molecule has 1 rings (SSSR count). The van der Waals surface area contributed by atoms with Crippen molar-refractivity contribution in [2.24, 2.45) is 5.73 Å². The lowest BCUT2D eigenvalue weighted by Gasteiger charge is -2.23. The second-order valence-electron chi connectivity index (χ2n) is 4.45. The summed E-state index contributed by atoms with van der Waals surface area (Å²) in [6.45, 7) is 0.353. The standard InChI is InChI=1S/C12H16F4N2O2S/c1-3-18(7-12(14,15)16)21(19,20)11-5-9(6-17)4-10(13)8(11)2/h4-5H,3,6-7,17H2,1-2H3. The van der Waals surface area contributed by atoms with E-state index in [1.54, 1.807) is 0 Å². The molecule has 0 saturated heterocycles. The first kappa shape index (κ1) is 17.9. The minimum absolute atomic E-state index is 0.120. The van der Waals surface area contributed by atoms with Crippen LogP contribution in [0.2, 0.25) is 0 Å². The van der Waals surface area contributed by atoms with Crippen LogP contribution in [0.3, 0.4) is 0 Å². The predicted molar refractivity (Wildman–Crippen MR) is 69.5 cm³/mol. The van der Waals surface area contributed by atoms with Gasteiger partial charge in [0.05, 0.1) is 4.90 Å². The van der Waals surface area contributed by atoms with Gasteiger partial charge in [0.1, 0.15) is 12.4 Å². The van der Waals surface area contributed by atoms with Crippen molar-refractivity contribution < 1.29 is 26.0 Å². The van der Waals surface area contributed by atoms with Crippen LogP contribution in [0, 0.1) is 12.7 Å². The molecule has 9 heteroatoms. The number of nitrogens with zero attached hydrogens (tertiary/aromatic N) is 1. The van der Waals surface area contributed by atoms with E-state index in [9.17, 15) is 26.0 Å². The molecule has 0 fully saturated rings. The maximum Gasteiger partial charge on any atom is 0.402 e. The summed E-state index contributed by atoms with van der Waals surface area (Å²) < 4.78 is 76.0. The molecule has 0 aromatic heterocycles. The molecule has 0 radical (unpaired) electrons. The van der Waals surface area contributed by atoms with Crippen LogP contribution in [0.5, 0.6) is 0 Å². The maximum atomic E-state index is 13.7. The van der Waals surface area contributed by atoms with Gasteiger partial charge in [-0.3, -0.25) is 0 Å². The normalized spacial score (nSPS) is 13.0. The second-order valence-corrected chi connectivity index (χ2v) is 6.36. The van der Waals surface area contributed by atoms with Crippen molar-refractivity contribution in [1.29, 1.82) is 0 Å². The molecular weight excluding hydrogens is 312 g/mol. The van der Waals surface area contributed by atoms with Crippen LogP contribution in [0.1, 0.15) is 18.1 Å². The number of benzene rings is 1. The lowest BCUT2D eigenvalue weighted by Crippen LogP contribution is -2.39. The monoisotopic (exact) mass is 328 g/mol. The van der Waals surface area contributed by atoms with Crippen LogP contribution in [-0.4, -0.2) is 32.0 Å². The summed E-state index contributed by atoms with van der Waals surface area (Å²) in [6, 6.07) is 2.17. The van der Waals surface area contributed by atoms with Gasteiger partial charge >= 0.3 is 6.18 Å². The molecule has 0 saturated carbocycles. The van der Waals surface area contributed by atoms with Gasteiger partial charge in [-0.05, 0) is 24.6 Å². The Hall–Kier alpha value is -1.19. The van der Waals surface area contributed by atoms with E-state index in [-0.39, 0.29) is 28.5 Å². The molecule has 0 unspecified atom stereocenters. The van der Waals surface area contributed by atoms with Crippen LogP contribution in [0.25, 0.3) is 0 Å². The third-order valence-corrected chi connectivity index (χ3v) is 4.97. The Morgan fingerprint density at radius 1 is 1.29 bits per heavy atom. The van der Waals surface area contributed by atoms with Gasteiger partial charge in [0.15, 0.2) is 0 Å². The fraction of sp³-hybridized carbons (Fsp3) is 0.500. The Bertz CT molecular complexity index is 614. The van der Waals surface area contributed by atoms with E-state index < -0.39 is 33.5 Å². The van der Waals surface area contributed by atoms with Gasteiger partial charge in [0, 0.05) is 18.7 Å². The summed E-state index contributed by atoms with van der Waals surface area (Å²) in [5.41, 5.74) is 5.30. The smallest absolute Gasteiger partial charge is 0.326 e. The van der Waals surface area contributed by atoms with E-state index in [1.165, 1.54) is 13.8 Å². The topological polar surface area (TPSA) is 63.4 Å². The molecule has 21 heavy (non-hydrogen) atoms. The molecule has 0 aliphatic carbocycles. The highest BCUT2D eigenvalue weighted by atomic mass is 32.2. The number of halogens is 4. The predicted octanol–water partition coefficient (Wildman–Crippen LogP) is 2.17. The zero-order chi connectivity index (χ0) is 16.4. The summed E-state index contributed by atoms with van der Waals surface area (Å²) >= 11 is 0. The van der Waals surface area contributed by atoms with E-state index >= 15 is 0 Å². The maximum absolute atomic E-state index is 13.7. The minimum atomic E-state index is -4.68. The molecule has 0 atom stereocenters. The summed E-state index contributed by atoms with van der Waals surface area (Å²) in [5.74, 6) is -0.820. The van der Waals surface area contributed by atoms with Gasteiger partial charge in [0.2, 0.25) is 10.0 Å². The van der Waals surface area contributed by atoms with Crippen molar-refractivity contribution in [2.75, 3.05) is 13.1 Å². The van der Waals surface area contributed by atoms with Crippen molar-refractivity contribution in [3.63, 3.8) is 0 Å². The number of hydrogen-bond donors (Lipinski definition) is 1. The van der Waals surface area contributed by atoms with Gasteiger partial charge in [-0.2, -0.15) is 17.5 Å². The third-order valence-electron chi connectivity index (χ3n) is 2.92. The van der Waals surface area contributed by atoms with Crippen molar-refractivity contribution in [3.05, 3.63) is 29.1 Å². The fourth-order valence-corrected chi connectivity index (χ4v) is 3.52. The largest absolute Gasteiger partial charge is 0.402 e. The quantitative estimate of drug-likeness (QED) is 0.843. The Morgan fingerprint density at radius 2 is 1.86 bits per heavy atom. The molecular formula is C12H16F4N2O2S. The Morgan fingerprint density at radius 3 is 2.29 bits per heavy atom. The molecule has 120 valence electrons. The molecule has 0 aliphatic heterocycles. The zero-order valence-electron chi connectivity index (χ0n) is 11.5. The molecule has 0 heterocycles. The first-order valence-corrected chi connectivity index (χ1v) is 7.53. The third kappa shape index (κ3) is 4.14. The number of sulfonamides is 1. The molecule has 1 aromatic carbocycles. The number of nitrogens with two attached hydrogens (primary N) is 1. The molecule has 0 amide bonds. The second kappa shape index (κ2) is 6.29. The lowest BCUT2D eigenvalue weighted by atomic mass is 10.1. The number of rotatable bonds is 5. The van der Waals surface area contributed by atoms with Crippen molar-refractivity contribution in [1.82, 2.24) is 4.31 Å². The molecule has 0 aliphatic rings. The summed E-state index contributed by atoms with van der Waals surface area (Å²) in [5, 5.41) is 0. The average Bonchev–Trinajstić information content (AvgIpc) is 2.37. The first-order chi connectivity index (χ1) is 9.52. The van der Waals surface area contributed by atoms with E-state index in [1.807, 2.05) is 0 Å². The lowest BCUT2D eigenvalue weighted by molar-refractivity contribution is -0.135. The highest BCUT2D eigenvalue weighted by Gasteiger charge is 2.37. The highest BCUT2D eigenvalue weighted by Crippen LogP contribution is 2.26. The number of alkyl halides is 3. The van der Waals surface area contributed by atoms with E-state index in [2.05, 4.69) is 0 Å². The van der Waals surface area contributed by atoms with Crippen LogP contribution in [0.15, 0.2) is 17.0 Å². The first-order valence-electron chi connectivity index (χ1n) is 6.09. The zero-order valence-corrected chi connectivity index (χ0v) is 12.4. The highest BCUT2D eigenvalue weighted by molar-refractivity contribution is 7.89. The van der Waals surface area contributed by atoms with Crippen molar-refractivity contribution in [2.45, 2.75) is 31.5 Å².